The summed E-state index contributed by atoms with van der Waals surface area (Å²) < 4.78 is 9.69. The van der Waals surface area contributed by atoms with E-state index < -0.39 is 6.10 Å². The molecule has 1 aliphatic rings. The molecule has 2 aromatic rings. The molecule has 21 heavy (non-hydrogen) atoms. The van der Waals surface area contributed by atoms with E-state index in [1.54, 1.807) is 0 Å². The van der Waals surface area contributed by atoms with Gasteiger partial charge in [-0.1, -0.05) is 36.5 Å². The van der Waals surface area contributed by atoms with Crippen molar-refractivity contribution >= 4 is 11.5 Å². The van der Waals surface area contributed by atoms with E-state index in [2.05, 4.69) is 29.5 Å². The van der Waals surface area contributed by atoms with E-state index in [1.807, 2.05) is 18.2 Å². The summed E-state index contributed by atoms with van der Waals surface area (Å²) in [5, 5.41) is 14.8. The second-order valence-electron chi connectivity index (χ2n) is 5.80. The number of aromatic nitrogens is 2. The Morgan fingerprint density at radius 1 is 1.38 bits per heavy atom. The van der Waals surface area contributed by atoms with Crippen molar-refractivity contribution in [1.29, 1.82) is 0 Å². The predicted molar refractivity (Wildman–Crippen MR) is 82.9 cm³/mol. The first-order valence-electron chi connectivity index (χ1n) is 7.38. The third-order valence-electron chi connectivity index (χ3n) is 3.98. The zero-order chi connectivity index (χ0) is 14.8. The molecule has 0 aliphatic carbocycles. The lowest BCUT2D eigenvalue weighted by atomic mass is 9.87. The Kier molecular flexibility index (Phi) is 4.22. The van der Waals surface area contributed by atoms with Gasteiger partial charge in [0.1, 0.15) is 5.75 Å². The van der Waals surface area contributed by atoms with Gasteiger partial charge in [0.05, 0.1) is 23.3 Å². The molecular weight excluding hydrogens is 284 g/mol. The first-order valence-corrected chi connectivity index (χ1v) is 8.16. The number of rotatable bonds is 4. The van der Waals surface area contributed by atoms with Crippen LogP contribution in [0.25, 0.3) is 0 Å². The number of nitrogens with zero attached hydrogens (tertiary/aromatic N) is 2. The standard InChI is InChI=1S/C16H20N2O2S/c1-10(2)15-16(21-18-17-15)13(19)9-11-7-8-20-14-6-4-3-5-12(11)14/h3-6,10-11,13,19H,7-9H2,1-2H3. The van der Waals surface area contributed by atoms with E-state index in [0.717, 1.165) is 22.7 Å². The van der Waals surface area contributed by atoms with Crippen LogP contribution in [0.15, 0.2) is 24.3 Å². The minimum absolute atomic E-state index is 0.287. The zero-order valence-corrected chi connectivity index (χ0v) is 13.1. The average molecular weight is 304 g/mol. The molecular formula is C16H20N2O2S. The van der Waals surface area contributed by atoms with Crippen LogP contribution in [0.3, 0.4) is 0 Å². The summed E-state index contributed by atoms with van der Waals surface area (Å²) in [6, 6.07) is 8.12. The maximum Gasteiger partial charge on any atom is 0.122 e. The Morgan fingerprint density at radius 3 is 3.00 bits per heavy atom. The first kappa shape index (κ1) is 14.5. The quantitative estimate of drug-likeness (QED) is 0.936. The fourth-order valence-corrected chi connectivity index (χ4v) is 3.68. The highest BCUT2D eigenvalue weighted by molar-refractivity contribution is 7.05. The predicted octanol–water partition coefficient (Wildman–Crippen LogP) is 3.65. The van der Waals surface area contributed by atoms with Crippen LogP contribution in [0.5, 0.6) is 5.75 Å². The van der Waals surface area contributed by atoms with Gasteiger partial charge in [-0.3, -0.25) is 0 Å². The van der Waals surface area contributed by atoms with Crippen molar-refractivity contribution in [3.05, 3.63) is 40.4 Å². The number of ether oxygens (including phenoxy) is 1. The van der Waals surface area contributed by atoms with Gasteiger partial charge in [0.25, 0.3) is 0 Å². The second-order valence-corrected chi connectivity index (χ2v) is 6.59. The van der Waals surface area contributed by atoms with Crippen molar-refractivity contribution in [1.82, 2.24) is 9.59 Å². The van der Waals surface area contributed by atoms with E-state index in [-0.39, 0.29) is 5.92 Å². The van der Waals surface area contributed by atoms with E-state index in [0.29, 0.717) is 18.9 Å². The number of aliphatic hydroxyl groups is 1. The van der Waals surface area contributed by atoms with Gasteiger partial charge in [-0.25, -0.2) is 0 Å². The number of aliphatic hydroxyl groups excluding tert-OH is 1. The van der Waals surface area contributed by atoms with Gasteiger partial charge in [-0.2, -0.15) is 0 Å². The van der Waals surface area contributed by atoms with Gasteiger partial charge >= 0.3 is 0 Å². The molecule has 112 valence electrons. The molecule has 3 rings (SSSR count). The van der Waals surface area contributed by atoms with Crippen molar-refractivity contribution in [2.45, 2.75) is 44.6 Å². The molecule has 2 unspecified atom stereocenters. The van der Waals surface area contributed by atoms with Gasteiger partial charge in [-0.05, 0) is 47.8 Å². The smallest absolute Gasteiger partial charge is 0.122 e. The van der Waals surface area contributed by atoms with Crippen molar-refractivity contribution in [2.24, 2.45) is 0 Å². The van der Waals surface area contributed by atoms with E-state index in [9.17, 15) is 5.11 Å². The molecule has 0 radical (unpaired) electrons. The minimum Gasteiger partial charge on any atom is -0.493 e. The van der Waals surface area contributed by atoms with Crippen LogP contribution in [0.2, 0.25) is 0 Å². The maximum absolute atomic E-state index is 10.6. The molecule has 0 saturated heterocycles. The SMILES string of the molecule is CC(C)c1nnsc1C(O)CC1CCOc2ccccc21. The van der Waals surface area contributed by atoms with Gasteiger partial charge < -0.3 is 9.84 Å². The summed E-state index contributed by atoms with van der Waals surface area (Å²) in [4.78, 5) is 0.911. The number of fused-ring (bicyclic) bond motifs is 1. The van der Waals surface area contributed by atoms with Gasteiger partial charge in [0.2, 0.25) is 0 Å². The lowest BCUT2D eigenvalue weighted by Gasteiger charge is -2.27. The Labute approximate surface area is 128 Å². The first-order chi connectivity index (χ1) is 10.2. The summed E-state index contributed by atoms with van der Waals surface area (Å²) in [6.45, 7) is 4.87. The highest BCUT2D eigenvalue weighted by Crippen LogP contribution is 2.40. The Bertz CT molecular complexity index is 612. The zero-order valence-electron chi connectivity index (χ0n) is 12.3. The van der Waals surface area contributed by atoms with Gasteiger partial charge in [0, 0.05) is 0 Å². The largest absolute Gasteiger partial charge is 0.493 e. The van der Waals surface area contributed by atoms with E-state index in [4.69, 9.17) is 4.74 Å². The van der Waals surface area contributed by atoms with Crippen LogP contribution >= 0.6 is 11.5 Å². The number of hydrogen-bond acceptors (Lipinski definition) is 5. The van der Waals surface area contributed by atoms with Crippen LogP contribution in [-0.2, 0) is 0 Å². The van der Waals surface area contributed by atoms with Crippen LogP contribution < -0.4 is 4.74 Å². The summed E-state index contributed by atoms with van der Waals surface area (Å²) in [5.74, 6) is 1.56. The van der Waals surface area contributed by atoms with Crippen molar-refractivity contribution in [2.75, 3.05) is 6.61 Å². The highest BCUT2D eigenvalue weighted by atomic mass is 32.1. The average Bonchev–Trinajstić information content (AvgIpc) is 2.97. The van der Waals surface area contributed by atoms with Crippen LogP contribution in [0, 0.1) is 0 Å². The van der Waals surface area contributed by atoms with Gasteiger partial charge in [-0.15, -0.1) is 5.10 Å². The monoisotopic (exact) mass is 304 g/mol. The highest BCUT2D eigenvalue weighted by Gasteiger charge is 2.27. The molecule has 1 aliphatic heterocycles. The molecule has 1 N–H and O–H groups in total. The summed E-state index contributed by atoms with van der Waals surface area (Å²) in [6.07, 6.45) is 1.14. The fourth-order valence-electron chi connectivity index (χ4n) is 2.87. The summed E-state index contributed by atoms with van der Waals surface area (Å²) in [7, 11) is 0. The molecule has 1 aromatic heterocycles. The summed E-state index contributed by atoms with van der Waals surface area (Å²) in [5.41, 5.74) is 2.12. The topological polar surface area (TPSA) is 55.2 Å². The van der Waals surface area contributed by atoms with E-state index in [1.165, 1.54) is 17.1 Å². The van der Waals surface area contributed by atoms with Crippen molar-refractivity contribution in [3.63, 3.8) is 0 Å². The molecule has 2 heterocycles. The van der Waals surface area contributed by atoms with Crippen LogP contribution in [0.1, 0.15) is 60.8 Å². The van der Waals surface area contributed by atoms with Crippen LogP contribution in [-0.4, -0.2) is 21.3 Å². The second kappa shape index (κ2) is 6.12. The molecule has 1 aromatic carbocycles. The third kappa shape index (κ3) is 2.94. The van der Waals surface area contributed by atoms with Gasteiger partial charge in [0.15, 0.2) is 0 Å². The number of para-hydroxylation sites is 1. The fraction of sp³-hybridized carbons (Fsp3) is 0.500. The molecule has 0 saturated carbocycles. The molecule has 2 atom stereocenters. The Hall–Kier alpha value is -1.46. The van der Waals surface area contributed by atoms with Crippen molar-refractivity contribution in [3.8, 4) is 5.75 Å². The Morgan fingerprint density at radius 2 is 2.19 bits per heavy atom. The molecule has 4 nitrogen and oxygen atoms in total. The van der Waals surface area contributed by atoms with E-state index >= 15 is 0 Å². The third-order valence-corrected chi connectivity index (χ3v) is 4.82. The number of benzene rings is 1. The summed E-state index contributed by atoms with van der Waals surface area (Å²) >= 11 is 1.31. The molecule has 0 bridgehead atoms. The minimum atomic E-state index is -0.501. The molecule has 0 amide bonds. The lowest BCUT2D eigenvalue weighted by molar-refractivity contribution is 0.147. The lowest BCUT2D eigenvalue weighted by Crippen LogP contribution is -2.16. The number of hydrogen-bond donors (Lipinski definition) is 1. The maximum atomic E-state index is 10.6. The molecule has 0 spiro atoms. The molecule has 5 heteroatoms. The normalized spacial score (nSPS) is 19.1. The molecule has 0 fully saturated rings. The Balaban J connectivity index is 1.79. The van der Waals surface area contributed by atoms with Crippen molar-refractivity contribution < 1.29 is 9.84 Å². The van der Waals surface area contributed by atoms with Crippen LogP contribution in [0.4, 0.5) is 0 Å².